The van der Waals surface area contributed by atoms with Crippen molar-refractivity contribution in [3.63, 3.8) is 0 Å². The molecule has 0 bridgehead atoms. The number of ketones is 1. The summed E-state index contributed by atoms with van der Waals surface area (Å²) in [7, 11) is 0. The molecule has 1 fully saturated rings. The van der Waals surface area contributed by atoms with Crippen LogP contribution < -0.4 is 14.4 Å². The highest BCUT2D eigenvalue weighted by Gasteiger charge is 2.48. The maximum absolute atomic E-state index is 13.6. The van der Waals surface area contributed by atoms with Crippen LogP contribution in [0.5, 0.6) is 11.5 Å². The number of nitrogens with zero attached hydrogens (tertiary/aromatic N) is 4. The predicted molar refractivity (Wildman–Crippen MR) is 168 cm³/mol. The number of thioether (sulfide) groups is 1. The number of aliphatic hydroxyl groups excluding tert-OH is 1. The van der Waals surface area contributed by atoms with Gasteiger partial charge in [-0.05, 0) is 60.9 Å². The number of hydrogen-bond donors (Lipinski definition) is 1. The standard InChI is InChI=1S/C31H29ClN4O5S2/c1-3-5-16-41-23-11-8-21(17-24(23)40-4-2)26-25(27(37)20-12-14-33-15-13-20)28(38)29(39)36(26)30-34-35-31(43-30)42-18-19-6-9-22(32)10-7-19/h6-15,17,26,37H,3-5,16,18H2,1-2H3/b27-25+. The molecule has 1 aliphatic rings. The number of aliphatic hydroxyl groups is 1. The molecule has 12 heteroatoms. The fraction of sp³-hybridized carbons (Fsp3) is 0.258. The lowest BCUT2D eigenvalue weighted by molar-refractivity contribution is -0.132. The van der Waals surface area contributed by atoms with Gasteiger partial charge in [-0.15, -0.1) is 10.2 Å². The van der Waals surface area contributed by atoms with Crippen molar-refractivity contribution in [3.8, 4) is 11.5 Å². The van der Waals surface area contributed by atoms with Crippen LogP contribution in [-0.2, 0) is 15.3 Å². The number of hydrogen-bond acceptors (Lipinski definition) is 10. The first-order valence-electron chi connectivity index (χ1n) is 13.7. The Morgan fingerprint density at radius 2 is 1.79 bits per heavy atom. The fourth-order valence-corrected chi connectivity index (χ4v) is 6.45. The Balaban J connectivity index is 1.55. The second-order valence-electron chi connectivity index (χ2n) is 9.51. The van der Waals surface area contributed by atoms with Crippen LogP contribution >= 0.6 is 34.7 Å². The second-order valence-corrected chi connectivity index (χ2v) is 12.1. The van der Waals surface area contributed by atoms with Gasteiger partial charge < -0.3 is 14.6 Å². The van der Waals surface area contributed by atoms with Gasteiger partial charge in [-0.25, -0.2) is 0 Å². The lowest BCUT2D eigenvalue weighted by atomic mass is 9.95. The number of halogens is 1. The van der Waals surface area contributed by atoms with E-state index in [1.54, 1.807) is 30.3 Å². The Kier molecular flexibility index (Phi) is 9.96. The average Bonchev–Trinajstić information content (AvgIpc) is 3.59. The van der Waals surface area contributed by atoms with Crippen molar-refractivity contribution in [1.29, 1.82) is 0 Å². The van der Waals surface area contributed by atoms with E-state index in [0.717, 1.165) is 18.4 Å². The summed E-state index contributed by atoms with van der Waals surface area (Å²) in [4.78, 5) is 32.4. The molecule has 4 aromatic rings. The number of carbonyl (C=O) groups excluding carboxylic acids is 2. The fourth-order valence-electron chi connectivity index (χ4n) is 4.50. The van der Waals surface area contributed by atoms with E-state index < -0.39 is 17.7 Å². The van der Waals surface area contributed by atoms with Crippen LogP contribution in [-0.4, -0.2) is 45.2 Å². The molecule has 1 N–H and O–H groups in total. The molecule has 9 nitrogen and oxygen atoms in total. The van der Waals surface area contributed by atoms with Crippen molar-refractivity contribution in [2.75, 3.05) is 18.1 Å². The normalized spacial score (nSPS) is 16.1. The minimum absolute atomic E-state index is 0.0659. The number of amides is 1. The molecular formula is C31H29ClN4O5S2. The van der Waals surface area contributed by atoms with E-state index in [9.17, 15) is 14.7 Å². The molecule has 0 aliphatic carbocycles. The van der Waals surface area contributed by atoms with Gasteiger partial charge in [0.05, 0.1) is 24.8 Å². The molecule has 2 aromatic carbocycles. The summed E-state index contributed by atoms with van der Waals surface area (Å²) in [6, 6.07) is 14.9. The SMILES string of the molecule is CCCCOc1ccc(C2/C(=C(\O)c3ccncc3)C(=O)C(=O)N2c2nnc(SCc3ccc(Cl)cc3)s2)cc1OCC. The molecular weight excluding hydrogens is 608 g/mol. The minimum atomic E-state index is -0.987. The van der Waals surface area contributed by atoms with E-state index in [1.807, 2.05) is 31.2 Å². The molecule has 1 unspecified atom stereocenters. The summed E-state index contributed by atoms with van der Waals surface area (Å²) in [5, 5.41) is 20.8. The molecule has 3 heterocycles. The zero-order valence-corrected chi connectivity index (χ0v) is 25.9. The third-order valence-electron chi connectivity index (χ3n) is 6.61. The summed E-state index contributed by atoms with van der Waals surface area (Å²) in [5.74, 6) is -0.300. The largest absolute Gasteiger partial charge is 0.507 e. The summed E-state index contributed by atoms with van der Waals surface area (Å²) >= 11 is 8.65. The monoisotopic (exact) mass is 636 g/mol. The van der Waals surface area contributed by atoms with Crippen LogP contribution in [0.1, 0.15) is 49.4 Å². The third-order valence-corrected chi connectivity index (χ3v) is 8.99. The Hall–Kier alpha value is -3.93. The van der Waals surface area contributed by atoms with Gasteiger partial charge in [0, 0.05) is 28.7 Å². The maximum Gasteiger partial charge on any atom is 0.301 e. The van der Waals surface area contributed by atoms with Crippen LogP contribution in [0.15, 0.2) is 76.9 Å². The third kappa shape index (κ3) is 6.84. The number of anilines is 1. The summed E-state index contributed by atoms with van der Waals surface area (Å²) < 4.78 is 12.5. The van der Waals surface area contributed by atoms with Crippen molar-refractivity contribution < 1.29 is 24.2 Å². The molecule has 0 saturated carbocycles. The Labute approximate surface area is 262 Å². The quantitative estimate of drug-likeness (QED) is 0.0435. The highest BCUT2D eigenvalue weighted by molar-refractivity contribution is 8.00. The van der Waals surface area contributed by atoms with Gasteiger partial charge in [-0.1, -0.05) is 66.2 Å². The van der Waals surface area contributed by atoms with Gasteiger partial charge in [0.25, 0.3) is 5.78 Å². The minimum Gasteiger partial charge on any atom is -0.507 e. The molecule has 1 atom stereocenters. The van der Waals surface area contributed by atoms with Crippen molar-refractivity contribution in [3.05, 3.63) is 94.3 Å². The number of ether oxygens (including phenoxy) is 2. The first kappa shape index (κ1) is 30.5. The molecule has 5 rings (SSSR count). The van der Waals surface area contributed by atoms with Crippen molar-refractivity contribution >= 4 is 57.3 Å². The van der Waals surface area contributed by atoms with Crippen LogP contribution in [0, 0.1) is 0 Å². The van der Waals surface area contributed by atoms with Crippen LogP contribution in [0.3, 0.4) is 0 Å². The second kappa shape index (κ2) is 14.0. The van der Waals surface area contributed by atoms with E-state index in [4.69, 9.17) is 21.1 Å². The Morgan fingerprint density at radius 3 is 2.51 bits per heavy atom. The number of unbranched alkanes of at least 4 members (excludes halogenated alkanes) is 1. The lowest BCUT2D eigenvalue weighted by Crippen LogP contribution is -2.29. The first-order valence-corrected chi connectivity index (χ1v) is 15.9. The molecule has 43 heavy (non-hydrogen) atoms. The molecule has 222 valence electrons. The number of aromatic nitrogens is 3. The number of benzene rings is 2. The molecule has 1 amide bonds. The van der Waals surface area contributed by atoms with E-state index in [-0.39, 0.29) is 16.5 Å². The van der Waals surface area contributed by atoms with E-state index >= 15 is 0 Å². The topological polar surface area (TPSA) is 115 Å². The number of carbonyl (C=O) groups is 2. The lowest BCUT2D eigenvalue weighted by Gasteiger charge is -2.23. The van der Waals surface area contributed by atoms with Gasteiger partial charge in [0.1, 0.15) is 5.76 Å². The molecule has 2 aromatic heterocycles. The smallest absolute Gasteiger partial charge is 0.301 e. The Bertz CT molecular complexity index is 1630. The first-order chi connectivity index (χ1) is 20.9. The van der Waals surface area contributed by atoms with Gasteiger partial charge in [0.2, 0.25) is 5.13 Å². The summed E-state index contributed by atoms with van der Waals surface area (Å²) in [6.45, 7) is 4.85. The zero-order chi connectivity index (χ0) is 30.3. The zero-order valence-electron chi connectivity index (χ0n) is 23.5. The van der Waals surface area contributed by atoms with Crippen molar-refractivity contribution in [2.45, 2.75) is 42.8 Å². The highest BCUT2D eigenvalue weighted by Crippen LogP contribution is 2.45. The van der Waals surface area contributed by atoms with Crippen LogP contribution in [0.2, 0.25) is 5.02 Å². The van der Waals surface area contributed by atoms with Gasteiger partial charge in [-0.3, -0.25) is 19.5 Å². The van der Waals surface area contributed by atoms with E-state index in [2.05, 4.69) is 22.1 Å². The molecule has 0 radical (unpaired) electrons. The molecule has 1 aliphatic heterocycles. The van der Waals surface area contributed by atoms with Crippen LogP contribution in [0.4, 0.5) is 5.13 Å². The molecule has 1 saturated heterocycles. The number of pyridine rings is 1. The highest BCUT2D eigenvalue weighted by atomic mass is 35.5. The van der Waals surface area contributed by atoms with Crippen molar-refractivity contribution in [2.24, 2.45) is 0 Å². The number of rotatable bonds is 12. The van der Waals surface area contributed by atoms with E-state index in [1.165, 1.54) is 40.4 Å². The van der Waals surface area contributed by atoms with Crippen LogP contribution in [0.25, 0.3) is 5.76 Å². The van der Waals surface area contributed by atoms with Crippen molar-refractivity contribution in [1.82, 2.24) is 15.2 Å². The average molecular weight is 637 g/mol. The van der Waals surface area contributed by atoms with E-state index in [0.29, 0.717) is 51.0 Å². The summed E-state index contributed by atoms with van der Waals surface area (Å²) in [6.07, 6.45) is 4.87. The molecule has 0 spiro atoms. The summed E-state index contributed by atoms with van der Waals surface area (Å²) in [5.41, 5.74) is 1.89. The predicted octanol–water partition coefficient (Wildman–Crippen LogP) is 7.08. The van der Waals surface area contributed by atoms with Gasteiger partial charge in [-0.2, -0.15) is 0 Å². The maximum atomic E-state index is 13.6. The Morgan fingerprint density at radius 1 is 1.02 bits per heavy atom. The number of Topliss-reactive ketones (excluding diaryl/α,β-unsaturated/α-hetero) is 1. The van der Waals surface area contributed by atoms with Gasteiger partial charge >= 0.3 is 5.91 Å². The van der Waals surface area contributed by atoms with Gasteiger partial charge in [0.15, 0.2) is 15.8 Å².